The molecule has 0 fully saturated rings. The van der Waals surface area contributed by atoms with Gasteiger partial charge in [0, 0.05) is 62.7 Å². The molecule has 428 valence electrons. The molecule has 6 atom stereocenters. The second-order valence-electron chi connectivity index (χ2n) is 17.7. The third-order valence-corrected chi connectivity index (χ3v) is 11.6. The fourth-order valence-electron chi connectivity index (χ4n) is 7.62. The van der Waals surface area contributed by atoms with Crippen LogP contribution < -0.4 is 47.9 Å². The molecule has 79 heavy (non-hydrogen) atoms. The Labute approximate surface area is 448 Å². The lowest BCUT2D eigenvalue weighted by molar-refractivity contribution is -0.141. The maximum absolute atomic E-state index is 13.8. The number of aromatic carboxylic acids is 1. The Bertz CT molecular complexity index is 2750. The van der Waals surface area contributed by atoms with Gasteiger partial charge in [-0.1, -0.05) is 30.3 Å². The molecule has 0 aliphatic carbocycles. The minimum Gasteiger partial charge on any atom is -0.481 e. The van der Waals surface area contributed by atoms with Gasteiger partial charge in [-0.25, -0.2) is 19.2 Å². The van der Waals surface area contributed by atoms with Gasteiger partial charge in [0.2, 0.25) is 41.4 Å². The van der Waals surface area contributed by atoms with E-state index in [1.165, 1.54) is 24.3 Å². The lowest BCUT2D eigenvalue weighted by Gasteiger charge is -2.23. The molecular formula is C49H62N10O20. The topological polar surface area (TPSA) is 484 Å². The van der Waals surface area contributed by atoms with Crippen LogP contribution in [0.4, 0.5) is 4.79 Å². The van der Waals surface area contributed by atoms with Crippen LogP contribution in [0.1, 0.15) is 86.2 Å². The van der Waals surface area contributed by atoms with Crippen molar-refractivity contribution >= 4 is 94.1 Å². The van der Waals surface area contributed by atoms with Crippen molar-refractivity contribution in [2.75, 3.05) is 19.6 Å². The molecule has 0 saturated carbocycles. The highest BCUT2D eigenvalue weighted by Crippen LogP contribution is 2.19. The molecule has 0 spiro atoms. The summed E-state index contributed by atoms with van der Waals surface area (Å²) in [7, 11) is 0. The molecule has 1 aromatic heterocycles. The Morgan fingerprint density at radius 2 is 1.00 bits per heavy atom. The van der Waals surface area contributed by atoms with E-state index in [4.69, 9.17) is 10.2 Å². The number of rotatable bonds is 35. The van der Waals surface area contributed by atoms with Gasteiger partial charge in [-0.15, -0.1) is 0 Å². The first kappa shape index (κ1) is 63.7. The Hall–Kier alpha value is -9.64. The standard InChI is InChI=1S/C49H62N10O20/c1-25(60)54-32(13-16-40(65)66)45(72)57-31(12-15-39(63)64)42(69)52-23-37(61)55-35(20-26-7-6-8-27(19-26)46(73)74)44(71)53-24-38(62)56-36(21-28-22-51-30-10-3-2-9-29(28)30)43(70)50-18-5-4-11-33(47(75)76)58-49(79)59-34(48(77)78)14-17-41(67)68/h2-3,6-10,19,22,31-36,51H,4-5,11-18,20-21,23-24H2,1H3,(H,50,70)(H,52,69)(H,53,71)(H,54,60)(H,55,61)(H,56,62)(H,57,72)(H,63,64)(H,65,66)(H,67,68)(H,73,74)(H,75,76)(H,77,78)(H2,58,59,79)/t31-,32-,33-,34-,35-,36-/m0/s1. The predicted molar refractivity (Wildman–Crippen MR) is 271 cm³/mol. The second kappa shape index (κ2) is 32.1. The zero-order chi connectivity index (χ0) is 58.8. The number of hydrogen-bond acceptors (Lipinski definition) is 14. The number of carbonyl (C=O) groups is 14. The zero-order valence-corrected chi connectivity index (χ0v) is 42.5. The van der Waals surface area contributed by atoms with E-state index >= 15 is 0 Å². The van der Waals surface area contributed by atoms with Crippen molar-refractivity contribution in [2.45, 2.75) is 114 Å². The third-order valence-electron chi connectivity index (χ3n) is 11.6. The van der Waals surface area contributed by atoms with Gasteiger partial charge < -0.3 is 83.5 Å². The number of hydrogen-bond donors (Lipinski definition) is 16. The number of aliphatic carboxylic acids is 5. The number of amides is 9. The van der Waals surface area contributed by atoms with Crippen LogP contribution in [-0.4, -0.2) is 175 Å². The molecule has 0 aliphatic rings. The summed E-state index contributed by atoms with van der Waals surface area (Å²) < 4.78 is 0. The van der Waals surface area contributed by atoms with Gasteiger partial charge in [0.1, 0.15) is 36.3 Å². The monoisotopic (exact) mass is 1110 g/mol. The molecule has 30 heteroatoms. The number of urea groups is 1. The average Bonchev–Trinajstić information content (AvgIpc) is 3.82. The number of nitrogens with one attached hydrogen (secondary N) is 10. The number of aromatic nitrogens is 1. The maximum Gasteiger partial charge on any atom is 0.335 e. The van der Waals surface area contributed by atoms with E-state index in [9.17, 15) is 87.5 Å². The van der Waals surface area contributed by atoms with E-state index in [0.717, 1.165) is 6.92 Å². The van der Waals surface area contributed by atoms with Crippen molar-refractivity contribution in [1.82, 2.24) is 52.8 Å². The van der Waals surface area contributed by atoms with Crippen LogP contribution in [0.25, 0.3) is 10.9 Å². The van der Waals surface area contributed by atoms with Gasteiger partial charge >= 0.3 is 41.8 Å². The normalized spacial score (nSPS) is 13.0. The summed E-state index contributed by atoms with van der Waals surface area (Å²) in [5.74, 6) is -14.8. The number of fused-ring (bicyclic) bond motifs is 1. The molecule has 0 aliphatic heterocycles. The molecule has 0 bridgehead atoms. The summed E-state index contributed by atoms with van der Waals surface area (Å²) in [6.07, 6.45) is -1.99. The smallest absolute Gasteiger partial charge is 0.335 e. The molecule has 0 saturated heterocycles. The highest BCUT2D eigenvalue weighted by Gasteiger charge is 2.30. The van der Waals surface area contributed by atoms with Crippen molar-refractivity contribution < 1.29 is 97.8 Å². The Morgan fingerprint density at radius 1 is 0.494 bits per heavy atom. The molecular weight excluding hydrogens is 1050 g/mol. The van der Waals surface area contributed by atoms with Crippen LogP contribution in [0.3, 0.4) is 0 Å². The van der Waals surface area contributed by atoms with Gasteiger partial charge in [0.25, 0.3) is 0 Å². The number of carbonyl (C=O) groups excluding carboxylic acids is 8. The van der Waals surface area contributed by atoms with Crippen LogP contribution in [-0.2, 0) is 70.4 Å². The Morgan fingerprint density at radius 3 is 1.54 bits per heavy atom. The summed E-state index contributed by atoms with van der Waals surface area (Å²) in [4.78, 5) is 176. The van der Waals surface area contributed by atoms with E-state index in [1.807, 2.05) is 5.32 Å². The number of H-pyrrole nitrogens is 1. The van der Waals surface area contributed by atoms with Gasteiger partial charge in [0.05, 0.1) is 18.7 Å². The van der Waals surface area contributed by atoms with Gasteiger partial charge in [-0.05, 0) is 67.9 Å². The molecule has 0 unspecified atom stereocenters. The lowest BCUT2D eigenvalue weighted by Crippen LogP contribution is -2.56. The quantitative estimate of drug-likeness (QED) is 0.0281. The molecule has 3 rings (SSSR count). The van der Waals surface area contributed by atoms with Crippen LogP contribution in [0.2, 0.25) is 0 Å². The number of carboxylic acid groups (broad SMARTS) is 6. The van der Waals surface area contributed by atoms with Crippen molar-refractivity contribution in [3.05, 3.63) is 71.4 Å². The zero-order valence-electron chi connectivity index (χ0n) is 42.5. The van der Waals surface area contributed by atoms with Crippen LogP contribution in [0, 0.1) is 0 Å². The molecule has 30 nitrogen and oxygen atoms in total. The summed E-state index contributed by atoms with van der Waals surface area (Å²) in [6, 6.07) is 2.11. The van der Waals surface area contributed by atoms with Crippen LogP contribution in [0.5, 0.6) is 0 Å². The molecule has 9 amide bonds. The molecule has 16 N–H and O–H groups in total. The number of unbranched alkanes of at least 4 members (excludes halogenated alkanes) is 1. The van der Waals surface area contributed by atoms with Crippen molar-refractivity contribution in [1.29, 1.82) is 0 Å². The first-order valence-corrected chi connectivity index (χ1v) is 24.4. The minimum atomic E-state index is -1.62. The predicted octanol–water partition coefficient (Wildman–Crippen LogP) is -2.07. The summed E-state index contributed by atoms with van der Waals surface area (Å²) in [5.41, 5.74) is 1.34. The number of para-hydroxylation sites is 1. The van der Waals surface area contributed by atoms with E-state index in [2.05, 4.69) is 47.5 Å². The fourth-order valence-corrected chi connectivity index (χ4v) is 7.62. The maximum atomic E-state index is 13.8. The largest absolute Gasteiger partial charge is 0.481 e. The van der Waals surface area contributed by atoms with Gasteiger partial charge in [-0.2, -0.15) is 0 Å². The van der Waals surface area contributed by atoms with Gasteiger partial charge in [0.15, 0.2) is 0 Å². The lowest BCUT2D eigenvalue weighted by atomic mass is 10.0. The summed E-state index contributed by atoms with van der Waals surface area (Å²) >= 11 is 0. The Balaban J connectivity index is 1.73. The molecule has 0 radical (unpaired) electrons. The molecule has 2 aromatic carbocycles. The van der Waals surface area contributed by atoms with E-state index in [0.29, 0.717) is 16.5 Å². The van der Waals surface area contributed by atoms with Crippen LogP contribution in [0.15, 0.2) is 54.7 Å². The molecule has 3 aromatic rings. The highest BCUT2D eigenvalue weighted by molar-refractivity contribution is 5.96. The van der Waals surface area contributed by atoms with Crippen molar-refractivity contribution in [2.24, 2.45) is 0 Å². The number of carboxylic acids is 6. The first-order chi connectivity index (χ1) is 37.3. The minimum absolute atomic E-state index is 0.0686. The van der Waals surface area contributed by atoms with Crippen LogP contribution >= 0.6 is 0 Å². The summed E-state index contributed by atoms with van der Waals surface area (Å²) in [6.45, 7) is -0.705. The van der Waals surface area contributed by atoms with Crippen molar-refractivity contribution in [3.8, 4) is 0 Å². The Kier molecular flexibility index (Phi) is 25.8. The average molecular weight is 1110 g/mol. The second-order valence-corrected chi connectivity index (χ2v) is 17.7. The van der Waals surface area contributed by atoms with E-state index in [1.54, 1.807) is 30.5 Å². The van der Waals surface area contributed by atoms with E-state index in [-0.39, 0.29) is 49.8 Å². The first-order valence-electron chi connectivity index (χ1n) is 24.4. The van der Waals surface area contributed by atoms with Gasteiger partial charge in [-0.3, -0.25) is 47.9 Å². The fraction of sp³-hybridized carbons (Fsp3) is 0.429. The number of benzene rings is 2. The SMILES string of the molecule is CC(=O)N[C@@H](CCC(=O)O)C(=O)N[C@@H](CCC(=O)O)C(=O)NCC(=O)N[C@@H](Cc1cccc(C(=O)O)c1)C(=O)NCC(=O)N[C@@H](Cc1c[nH]c2ccccc12)C(=O)NCCCC[C@H](NC(=O)N[C@@H](CCC(=O)O)C(=O)O)C(=O)O. The number of aromatic amines is 1. The summed E-state index contributed by atoms with van der Waals surface area (Å²) in [5, 5.41) is 77.3. The third kappa shape index (κ3) is 23.4. The highest BCUT2D eigenvalue weighted by atomic mass is 16.4. The van der Waals surface area contributed by atoms with E-state index < -0.39 is 171 Å². The van der Waals surface area contributed by atoms with Crippen molar-refractivity contribution in [3.63, 3.8) is 0 Å². The molecule has 1 heterocycles.